The van der Waals surface area contributed by atoms with Crippen LogP contribution >= 0.6 is 35.0 Å². The highest BCUT2D eigenvalue weighted by Gasteiger charge is 2.17. The van der Waals surface area contributed by atoms with Crippen LogP contribution < -0.4 is 5.32 Å². The molecule has 1 heterocycles. The van der Waals surface area contributed by atoms with Crippen molar-refractivity contribution >= 4 is 46.6 Å². The number of aromatic nitrogens is 3. The van der Waals surface area contributed by atoms with E-state index in [9.17, 15) is 4.79 Å². The first-order valence-corrected chi connectivity index (χ1v) is 11.2. The van der Waals surface area contributed by atoms with Gasteiger partial charge in [0.25, 0.3) is 0 Å². The van der Waals surface area contributed by atoms with Crippen LogP contribution in [-0.2, 0) is 4.79 Å². The van der Waals surface area contributed by atoms with Crippen molar-refractivity contribution in [2.45, 2.75) is 12.1 Å². The number of nitrogens with zero attached hydrogens (tertiary/aromatic N) is 3. The number of carbonyl (C=O) groups is 1. The van der Waals surface area contributed by atoms with Gasteiger partial charge in [0.1, 0.15) is 0 Å². The molecule has 1 aromatic heterocycles. The van der Waals surface area contributed by atoms with Crippen LogP contribution in [0.5, 0.6) is 0 Å². The minimum Gasteiger partial charge on any atom is -0.324 e. The van der Waals surface area contributed by atoms with Gasteiger partial charge in [-0.2, -0.15) is 0 Å². The zero-order chi connectivity index (χ0) is 21.8. The summed E-state index contributed by atoms with van der Waals surface area (Å²) in [5, 5.41) is 13.1. The van der Waals surface area contributed by atoms with Crippen LogP contribution in [0.3, 0.4) is 0 Å². The van der Waals surface area contributed by atoms with Gasteiger partial charge in [0.2, 0.25) is 5.91 Å². The van der Waals surface area contributed by atoms with Crippen molar-refractivity contribution in [2.75, 3.05) is 11.1 Å². The zero-order valence-electron chi connectivity index (χ0n) is 16.5. The second kappa shape index (κ2) is 9.56. The Bertz CT molecular complexity index is 1210. The van der Waals surface area contributed by atoms with Gasteiger partial charge in [0.15, 0.2) is 11.0 Å². The number of anilines is 1. The molecule has 0 fully saturated rings. The SMILES string of the molecule is Cc1ccc(-c2nnc(SCC(=O)Nc3ccc(Cl)cc3Cl)n2-c2ccccc2)cc1. The van der Waals surface area contributed by atoms with E-state index < -0.39 is 0 Å². The lowest BCUT2D eigenvalue weighted by molar-refractivity contribution is -0.113. The molecule has 3 aromatic carbocycles. The van der Waals surface area contributed by atoms with Crippen molar-refractivity contribution in [1.82, 2.24) is 14.8 Å². The van der Waals surface area contributed by atoms with Crippen LogP contribution in [0.25, 0.3) is 17.1 Å². The van der Waals surface area contributed by atoms with E-state index in [0.717, 1.165) is 17.1 Å². The number of nitrogens with one attached hydrogen (secondary N) is 1. The minimum absolute atomic E-state index is 0.151. The molecule has 0 aliphatic heterocycles. The number of benzene rings is 3. The van der Waals surface area contributed by atoms with E-state index in [2.05, 4.69) is 15.5 Å². The van der Waals surface area contributed by atoms with E-state index in [4.69, 9.17) is 23.2 Å². The number of aryl methyl sites for hydroxylation is 1. The fourth-order valence-corrected chi connectivity index (χ4v) is 4.18. The standard InChI is InChI=1S/C23H18Cl2N4OS/c1-15-7-9-16(10-8-15)22-27-28-23(29(22)18-5-3-2-4-6-18)31-14-21(30)26-20-12-11-17(24)13-19(20)25/h2-13H,14H2,1H3,(H,26,30). The number of hydrogen-bond donors (Lipinski definition) is 1. The van der Waals surface area contributed by atoms with Gasteiger partial charge in [-0.05, 0) is 37.3 Å². The number of carbonyl (C=O) groups excluding carboxylic acids is 1. The van der Waals surface area contributed by atoms with E-state index in [1.165, 1.54) is 17.3 Å². The first-order chi connectivity index (χ1) is 15.0. The molecule has 1 N–H and O–H groups in total. The lowest BCUT2D eigenvalue weighted by Gasteiger charge is -2.11. The molecule has 1 amide bonds. The highest BCUT2D eigenvalue weighted by atomic mass is 35.5. The molecule has 0 saturated heterocycles. The normalized spacial score (nSPS) is 10.8. The maximum absolute atomic E-state index is 12.5. The topological polar surface area (TPSA) is 59.8 Å². The maximum Gasteiger partial charge on any atom is 0.234 e. The second-order valence-electron chi connectivity index (χ2n) is 6.80. The van der Waals surface area contributed by atoms with Crippen molar-refractivity contribution in [1.29, 1.82) is 0 Å². The molecule has 0 atom stereocenters. The summed E-state index contributed by atoms with van der Waals surface area (Å²) in [4.78, 5) is 12.5. The van der Waals surface area contributed by atoms with Crippen molar-refractivity contribution in [2.24, 2.45) is 0 Å². The molecule has 4 rings (SSSR count). The fraction of sp³-hybridized carbons (Fsp3) is 0.0870. The van der Waals surface area contributed by atoms with Gasteiger partial charge in [-0.15, -0.1) is 10.2 Å². The number of para-hydroxylation sites is 1. The lowest BCUT2D eigenvalue weighted by Crippen LogP contribution is -2.15. The third-order valence-electron chi connectivity index (χ3n) is 4.50. The Morgan fingerprint density at radius 2 is 1.74 bits per heavy atom. The van der Waals surface area contributed by atoms with E-state index in [1.807, 2.05) is 66.1 Å². The Labute approximate surface area is 194 Å². The number of amides is 1. The molecule has 0 spiro atoms. The molecule has 0 aliphatic rings. The van der Waals surface area contributed by atoms with Gasteiger partial charge in [-0.25, -0.2) is 0 Å². The van der Waals surface area contributed by atoms with Crippen LogP contribution in [0.15, 0.2) is 78.0 Å². The Morgan fingerprint density at radius 1 is 1.00 bits per heavy atom. The second-order valence-corrected chi connectivity index (χ2v) is 8.59. The summed E-state index contributed by atoms with van der Waals surface area (Å²) in [5.41, 5.74) is 3.56. The number of rotatable bonds is 6. The average Bonchev–Trinajstić information content (AvgIpc) is 3.19. The van der Waals surface area contributed by atoms with Crippen molar-refractivity contribution in [3.8, 4) is 17.1 Å². The van der Waals surface area contributed by atoms with Crippen LogP contribution in [0.1, 0.15) is 5.56 Å². The van der Waals surface area contributed by atoms with Gasteiger partial charge in [-0.3, -0.25) is 9.36 Å². The predicted molar refractivity (Wildman–Crippen MR) is 127 cm³/mol. The van der Waals surface area contributed by atoms with E-state index in [0.29, 0.717) is 20.9 Å². The largest absolute Gasteiger partial charge is 0.324 e. The Morgan fingerprint density at radius 3 is 2.45 bits per heavy atom. The van der Waals surface area contributed by atoms with Gasteiger partial charge in [-0.1, -0.05) is 83.0 Å². The third kappa shape index (κ3) is 5.10. The minimum atomic E-state index is -0.200. The van der Waals surface area contributed by atoms with Crippen LogP contribution in [0.2, 0.25) is 10.0 Å². The lowest BCUT2D eigenvalue weighted by atomic mass is 10.1. The molecule has 0 bridgehead atoms. The van der Waals surface area contributed by atoms with Crippen LogP contribution in [0, 0.1) is 6.92 Å². The smallest absolute Gasteiger partial charge is 0.234 e. The molecule has 0 unspecified atom stereocenters. The zero-order valence-corrected chi connectivity index (χ0v) is 18.9. The summed E-state index contributed by atoms with van der Waals surface area (Å²) in [6.45, 7) is 2.04. The predicted octanol–water partition coefficient (Wildman–Crippen LogP) is 6.28. The van der Waals surface area contributed by atoms with E-state index in [1.54, 1.807) is 18.2 Å². The fourth-order valence-electron chi connectivity index (χ4n) is 2.97. The van der Waals surface area contributed by atoms with Crippen LogP contribution in [-0.4, -0.2) is 26.4 Å². The number of hydrogen-bond acceptors (Lipinski definition) is 4. The summed E-state index contributed by atoms with van der Waals surface area (Å²) >= 11 is 13.4. The molecule has 8 heteroatoms. The monoisotopic (exact) mass is 468 g/mol. The first kappa shape index (κ1) is 21.4. The van der Waals surface area contributed by atoms with Gasteiger partial charge >= 0.3 is 0 Å². The van der Waals surface area contributed by atoms with Gasteiger partial charge in [0, 0.05) is 16.3 Å². The van der Waals surface area contributed by atoms with E-state index in [-0.39, 0.29) is 11.7 Å². The summed E-state index contributed by atoms with van der Waals surface area (Å²) < 4.78 is 1.96. The third-order valence-corrected chi connectivity index (χ3v) is 5.97. The first-order valence-electron chi connectivity index (χ1n) is 9.47. The van der Waals surface area contributed by atoms with Gasteiger partial charge in [0.05, 0.1) is 16.5 Å². The highest BCUT2D eigenvalue weighted by Crippen LogP contribution is 2.29. The molecule has 5 nitrogen and oxygen atoms in total. The molecule has 4 aromatic rings. The summed E-state index contributed by atoms with van der Waals surface area (Å²) in [6.07, 6.45) is 0. The molecular formula is C23H18Cl2N4OS. The number of thioether (sulfide) groups is 1. The summed E-state index contributed by atoms with van der Waals surface area (Å²) in [6, 6.07) is 22.9. The van der Waals surface area contributed by atoms with E-state index >= 15 is 0 Å². The quantitative estimate of drug-likeness (QED) is 0.338. The number of halogens is 2. The van der Waals surface area contributed by atoms with Gasteiger partial charge < -0.3 is 5.32 Å². The molecule has 156 valence electrons. The van der Waals surface area contributed by atoms with Crippen molar-refractivity contribution in [3.05, 3.63) is 88.4 Å². The van der Waals surface area contributed by atoms with Crippen molar-refractivity contribution in [3.63, 3.8) is 0 Å². The Hall–Kier alpha value is -2.80. The highest BCUT2D eigenvalue weighted by molar-refractivity contribution is 7.99. The molecule has 0 saturated carbocycles. The average molecular weight is 469 g/mol. The maximum atomic E-state index is 12.5. The van der Waals surface area contributed by atoms with Crippen molar-refractivity contribution < 1.29 is 4.79 Å². The molecule has 0 radical (unpaired) electrons. The molecule has 31 heavy (non-hydrogen) atoms. The Balaban J connectivity index is 1.58. The summed E-state index contributed by atoms with van der Waals surface area (Å²) in [7, 11) is 0. The molecular weight excluding hydrogens is 451 g/mol. The Kier molecular flexibility index (Phi) is 6.61. The summed E-state index contributed by atoms with van der Waals surface area (Å²) in [5.74, 6) is 0.668. The molecule has 0 aliphatic carbocycles. The van der Waals surface area contributed by atoms with Crippen LogP contribution in [0.4, 0.5) is 5.69 Å².